The van der Waals surface area contributed by atoms with E-state index in [0.29, 0.717) is 0 Å². The fourth-order valence-corrected chi connectivity index (χ4v) is 6.75. The topological polar surface area (TPSA) is 0 Å². The highest BCUT2D eigenvalue weighted by molar-refractivity contribution is 7.28. The van der Waals surface area contributed by atoms with E-state index in [4.69, 9.17) is 0 Å². The van der Waals surface area contributed by atoms with Crippen LogP contribution in [0.25, 0.3) is 29.3 Å². The van der Waals surface area contributed by atoms with Gasteiger partial charge in [0.2, 0.25) is 0 Å². The quantitative estimate of drug-likeness (QED) is 0.354. The Morgan fingerprint density at radius 1 is 0.636 bits per heavy atom. The Bertz CT molecular complexity index is 813. The Labute approximate surface area is 146 Å². The first kappa shape index (κ1) is 14.4. The summed E-state index contributed by atoms with van der Waals surface area (Å²) in [5.41, 5.74) is 2.77. The van der Waals surface area contributed by atoms with Crippen LogP contribution in [0.4, 0.5) is 0 Å². The second-order valence-electron chi connectivity index (χ2n) is 5.20. The van der Waals surface area contributed by atoms with Gasteiger partial charge in [-0.2, -0.15) is 0 Å². The van der Waals surface area contributed by atoms with Crippen LogP contribution < -0.4 is 0 Å². The van der Waals surface area contributed by atoms with Gasteiger partial charge in [-0.3, -0.25) is 0 Å². The zero-order valence-corrected chi connectivity index (χ0v) is 15.5. The van der Waals surface area contributed by atoms with Crippen LogP contribution in [0.3, 0.4) is 0 Å². The minimum absolute atomic E-state index is 1.37. The molecular formula is C18H14S4. The van der Waals surface area contributed by atoms with E-state index < -0.39 is 0 Å². The van der Waals surface area contributed by atoms with Gasteiger partial charge in [-0.05, 0) is 60.0 Å². The Kier molecular flexibility index (Phi) is 3.78. The second kappa shape index (κ2) is 5.78. The van der Waals surface area contributed by atoms with E-state index in [0.717, 1.165) is 0 Å². The van der Waals surface area contributed by atoms with Crippen molar-refractivity contribution < 1.29 is 0 Å². The average molecular weight is 359 g/mol. The van der Waals surface area contributed by atoms with Crippen molar-refractivity contribution in [1.82, 2.24) is 0 Å². The molecule has 0 unspecified atom stereocenters. The highest BCUT2D eigenvalue weighted by atomic mass is 32.1. The van der Waals surface area contributed by atoms with E-state index in [1.807, 2.05) is 45.3 Å². The molecule has 110 valence electrons. The summed E-state index contributed by atoms with van der Waals surface area (Å²) in [5, 5.41) is 4.30. The molecule has 0 bridgehead atoms. The van der Waals surface area contributed by atoms with Crippen LogP contribution in [0.15, 0.2) is 47.2 Å². The van der Waals surface area contributed by atoms with Gasteiger partial charge in [0.25, 0.3) is 0 Å². The smallest absolute Gasteiger partial charge is 0.0481 e. The van der Waals surface area contributed by atoms with Gasteiger partial charge in [0.1, 0.15) is 0 Å². The van der Waals surface area contributed by atoms with Crippen molar-refractivity contribution in [3.05, 3.63) is 58.3 Å². The van der Waals surface area contributed by atoms with Crippen LogP contribution in [0.1, 0.15) is 11.1 Å². The van der Waals surface area contributed by atoms with Crippen molar-refractivity contribution in [3.8, 4) is 29.3 Å². The lowest BCUT2D eigenvalue weighted by atomic mass is 10.2. The Balaban J connectivity index is 1.79. The predicted molar refractivity (Wildman–Crippen MR) is 104 cm³/mol. The average Bonchev–Trinajstić information content (AvgIpc) is 3.25. The van der Waals surface area contributed by atoms with Crippen molar-refractivity contribution in [2.24, 2.45) is 0 Å². The molecule has 0 saturated carbocycles. The number of thiophene rings is 4. The molecule has 22 heavy (non-hydrogen) atoms. The zero-order chi connectivity index (χ0) is 15.1. The normalized spacial score (nSPS) is 11.2. The fourth-order valence-electron chi connectivity index (χ4n) is 2.50. The predicted octanol–water partition coefficient (Wildman–Crippen LogP) is 7.55. The molecule has 0 aromatic carbocycles. The minimum Gasteiger partial charge on any atom is -0.143 e. The van der Waals surface area contributed by atoms with Crippen molar-refractivity contribution in [1.29, 1.82) is 0 Å². The third-order valence-electron chi connectivity index (χ3n) is 3.57. The maximum atomic E-state index is 2.33. The maximum Gasteiger partial charge on any atom is 0.0481 e. The summed E-state index contributed by atoms with van der Waals surface area (Å²) in [5.74, 6) is 0. The van der Waals surface area contributed by atoms with Gasteiger partial charge >= 0.3 is 0 Å². The number of rotatable bonds is 3. The van der Waals surface area contributed by atoms with Crippen molar-refractivity contribution in [2.45, 2.75) is 13.8 Å². The van der Waals surface area contributed by atoms with Gasteiger partial charge in [0.05, 0.1) is 0 Å². The van der Waals surface area contributed by atoms with Gasteiger partial charge in [-0.1, -0.05) is 12.1 Å². The van der Waals surface area contributed by atoms with E-state index >= 15 is 0 Å². The zero-order valence-electron chi connectivity index (χ0n) is 12.3. The summed E-state index contributed by atoms with van der Waals surface area (Å²) < 4.78 is 0. The van der Waals surface area contributed by atoms with Crippen LogP contribution in [0, 0.1) is 13.8 Å². The van der Waals surface area contributed by atoms with Crippen LogP contribution in [-0.2, 0) is 0 Å². The SMILES string of the molecule is Cc1cc(-c2cccs2)sc1-c1sc(-c2cccs2)cc1C. The molecule has 0 aliphatic carbocycles. The molecule has 0 fully saturated rings. The molecule has 0 aliphatic rings. The molecule has 4 aromatic rings. The van der Waals surface area contributed by atoms with Gasteiger partial charge in [-0.25, -0.2) is 0 Å². The standard InChI is InChI=1S/C18H14S4/c1-11-9-15(13-5-3-7-19-13)21-17(11)18-12(2)10-16(22-18)14-6-4-8-20-14/h3-10H,1-2H3. The summed E-state index contributed by atoms with van der Waals surface area (Å²) in [7, 11) is 0. The van der Waals surface area contributed by atoms with E-state index in [2.05, 4.69) is 61.0 Å². The van der Waals surface area contributed by atoms with Crippen LogP contribution >= 0.6 is 45.3 Å². The first-order valence-corrected chi connectivity index (χ1v) is 10.4. The highest BCUT2D eigenvalue weighted by Gasteiger charge is 2.15. The summed E-state index contributed by atoms with van der Waals surface area (Å²) in [6.07, 6.45) is 0. The second-order valence-corrected chi connectivity index (χ2v) is 9.20. The number of hydrogen-bond donors (Lipinski definition) is 0. The third kappa shape index (κ3) is 2.50. The van der Waals surface area contributed by atoms with E-state index in [-0.39, 0.29) is 0 Å². The van der Waals surface area contributed by atoms with Crippen molar-refractivity contribution >= 4 is 45.3 Å². The molecule has 0 nitrogen and oxygen atoms in total. The first-order valence-electron chi connectivity index (χ1n) is 7.01. The lowest BCUT2D eigenvalue weighted by Gasteiger charge is -1.97. The Hall–Kier alpha value is -1.20. The molecule has 0 saturated heterocycles. The maximum absolute atomic E-state index is 2.33. The molecule has 0 radical (unpaired) electrons. The molecule has 0 amide bonds. The summed E-state index contributed by atoms with van der Waals surface area (Å²) >= 11 is 7.47. The number of aryl methyl sites for hydroxylation is 2. The van der Waals surface area contributed by atoms with E-state index in [1.54, 1.807) is 0 Å². The lowest BCUT2D eigenvalue weighted by Crippen LogP contribution is -1.72. The molecule has 4 heteroatoms. The molecule has 4 rings (SSSR count). The minimum atomic E-state index is 1.37. The van der Waals surface area contributed by atoms with Gasteiger partial charge in [0.15, 0.2) is 0 Å². The molecule has 0 aliphatic heterocycles. The van der Waals surface area contributed by atoms with E-state index in [9.17, 15) is 0 Å². The fraction of sp³-hybridized carbons (Fsp3) is 0.111. The van der Waals surface area contributed by atoms with Gasteiger partial charge in [-0.15, -0.1) is 45.3 Å². The summed E-state index contributed by atoms with van der Waals surface area (Å²) in [4.78, 5) is 8.35. The third-order valence-corrected chi connectivity index (χ3v) is 8.34. The molecule has 0 N–H and O–H groups in total. The molecule has 4 aromatic heterocycles. The van der Waals surface area contributed by atoms with Crippen molar-refractivity contribution in [2.75, 3.05) is 0 Å². The highest BCUT2D eigenvalue weighted by Crippen LogP contribution is 2.45. The summed E-state index contributed by atoms with van der Waals surface area (Å²) in [6, 6.07) is 13.3. The molecular weight excluding hydrogens is 344 g/mol. The molecule has 0 spiro atoms. The molecule has 4 heterocycles. The number of hydrogen-bond acceptors (Lipinski definition) is 4. The lowest BCUT2D eigenvalue weighted by molar-refractivity contribution is 1.51. The van der Waals surface area contributed by atoms with Crippen molar-refractivity contribution in [3.63, 3.8) is 0 Å². The van der Waals surface area contributed by atoms with Crippen LogP contribution in [0.5, 0.6) is 0 Å². The first-order chi connectivity index (χ1) is 10.7. The van der Waals surface area contributed by atoms with Crippen LogP contribution in [-0.4, -0.2) is 0 Å². The van der Waals surface area contributed by atoms with E-state index in [1.165, 1.54) is 40.4 Å². The van der Waals surface area contributed by atoms with Gasteiger partial charge < -0.3 is 0 Å². The van der Waals surface area contributed by atoms with Crippen LogP contribution in [0.2, 0.25) is 0 Å². The Morgan fingerprint density at radius 2 is 1.09 bits per heavy atom. The largest absolute Gasteiger partial charge is 0.143 e. The molecule has 0 atom stereocenters. The summed E-state index contributed by atoms with van der Waals surface area (Å²) in [6.45, 7) is 4.46. The Morgan fingerprint density at radius 3 is 1.45 bits per heavy atom. The van der Waals surface area contributed by atoms with Gasteiger partial charge in [0, 0.05) is 29.3 Å². The monoisotopic (exact) mass is 358 g/mol.